The molecule has 0 aliphatic carbocycles. The Morgan fingerprint density at radius 3 is 2.64 bits per heavy atom. The van der Waals surface area contributed by atoms with Gasteiger partial charge in [0.15, 0.2) is 0 Å². The highest BCUT2D eigenvalue weighted by molar-refractivity contribution is 7.99. The van der Waals surface area contributed by atoms with Crippen molar-refractivity contribution in [1.29, 1.82) is 0 Å². The van der Waals surface area contributed by atoms with Gasteiger partial charge in [-0.05, 0) is 29.9 Å². The maximum absolute atomic E-state index is 12.7. The predicted molar refractivity (Wildman–Crippen MR) is 59.1 cm³/mol. The number of rotatable bonds is 1. The molecule has 1 aliphatic rings. The second kappa shape index (κ2) is 4.32. The lowest BCUT2D eigenvalue weighted by atomic mass is 9.92. The van der Waals surface area contributed by atoms with E-state index < -0.39 is 0 Å². The monoisotopic (exact) mass is 211 g/mol. The number of thioether (sulfide) groups is 1. The Morgan fingerprint density at radius 1 is 1.29 bits per heavy atom. The number of nitrogens with two attached hydrogens (primary N) is 1. The van der Waals surface area contributed by atoms with Crippen LogP contribution in [0.25, 0.3) is 0 Å². The zero-order valence-electron chi connectivity index (χ0n) is 7.95. The fraction of sp³-hybridized carbons (Fsp3) is 0.455. The minimum atomic E-state index is -0.175. The number of hydrogen-bond acceptors (Lipinski definition) is 2. The quantitative estimate of drug-likeness (QED) is 0.771. The maximum Gasteiger partial charge on any atom is 0.123 e. The number of hydrogen-bond donors (Lipinski definition) is 1. The average molecular weight is 211 g/mol. The van der Waals surface area contributed by atoms with E-state index in [1.165, 1.54) is 17.7 Å². The summed E-state index contributed by atoms with van der Waals surface area (Å²) in [5, 5.41) is 0. The molecule has 1 fully saturated rings. The summed E-state index contributed by atoms with van der Waals surface area (Å²) in [6.07, 6.45) is 1.06. The smallest absolute Gasteiger partial charge is 0.123 e. The van der Waals surface area contributed by atoms with Crippen LogP contribution in [0.4, 0.5) is 4.39 Å². The van der Waals surface area contributed by atoms with E-state index in [9.17, 15) is 4.39 Å². The summed E-state index contributed by atoms with van der Waals surface area (Å²) < 4.78 is 12.7. The number of halogens is 1. The second-order valence-corrected chi connectivity index (χ2v) is 4.84. The van der Waals surface area contributed by atoms with Gasteiger partial charge in [-0.2, -0.15) is 11.8 Å². The van der Waals surface area contributed by atoms with Gasteiger partial charge in [-0.25, -0.2) is 4.39 Å². The van der Waals surface area contributed by atoms with Crippen LogP contribution in [-0.4, -0.2) is 17.5 Å². The summed E-state index contributed by atoms with van der Waals surface area (Å²) in [6.45, 7) is 0. The van der Waals surface area contributed by atoms with Crippen molar-refractivity contribution in [3.8, 4) is 0 Å². The molecule has 0 amide bonds. The molecule has 76 valence electrons. The molecule has 0 aromatic heterocycles. The molecule has 2 unspecified atom stereocenters. The Morgan fingerprint density at radius 2 is 2.00 bits per heavy atom. The van der Waals surface area contributed by atoms with Gasteiger partial charge in [-0.15, -0.1) is 0 Å². The minimum absolute atomic E-state index is 0.175. The summed E-state index contributed by atoms with van der Waals surface area (Å²) >= 11 is 1.93. The molecular weight excluding hydrogens is 197 g/mol. The van der Waals surface area contributed by atoms with Crippen LogP contribution >= 0.6 is 11.8 Å². The van der Waals surface area contributed by atoms with Crippen LogP contribution in [0.3, 0.4) is 0 Å². The van der Waals surface area contributed by atoms with E-state index >= 15 is 0 Å². The zero-order chi connectivity index (χ0) is 9.97. The van der Waals surface area contributed by atoms with Crippen LogP contribution in [0.2, 0.25) is 0 Å². The summed E-state index contributed by atoms with van der Waals surface area (Å²) in [4.78, 5) is 0. The van der Waals surface area contributed by atoms with Crippen LogP contribution in [0.1, 0.15) is 17.9 Å². The van der Waals surface area contributed by atoms with E-state index in [0.717, 1.165) is 17.9 Å². The van der Waals surface area contributed by atoms with Crippen molar-refractivity contribution in [1.82, 2.24) is 0 Å². The van der Waals surface area contributed by atoms with Crippen molar-refractivity contribution in [2.24, 2.45) is 5.73 Å². The van der Waals surface area contributed by atoms with Crippen molar-refractivity contribution >= 4 is 11.8 Å². The molecule has 14 heavy (non-hydrogen) atoms. The van der Waals surface area contributed by atoms with Gasteiger partial charge >= 0.3 is 0 Å². The van der Waals surface area contributed by atoms with E-state index in [0.29, 0.717) is 5.92 Å². The molecule has 0 spiro atoms. The summed E-state index contributed by atoms with van der Waals surface area (Å²) in [7, 11) is 0. The third kappa shape index (κ3) is 2.10. The third-order valence-electron chi connectivity index (χ3n) is 2.71. The molecule has 1 aromatic rings. The molecule has 1 aliphatic heterocycles. The highest BCUT2D eigenvalue weighted by atomic mass is 32.2. The second-order valence-electron chi connectivity index (χ2n) is 3.69. The van der Waals surface area contributed by atoms with Crippen LogP contribution < -0.4 is 5.73 Å². The molecular formula is C11H14FNS. The first-order valence-electron chi connectivity index (χ1n) is 4.86. The molecule has 3 heteroatoms. The minimum Gasteiger partial charge on any atom is -0.327 e. The Bertz CT molecular complexity index is 299. The first-order chi connectivity index (χ1) is 6.77. The standard InChI is InChI=1S/C11H14FNS/c12-9-3-1-8(2-4-9)10-7-14-6-5-11(10)13/h1-4,10-11H,5-7,13H2. The molecule has 1 saturated heterocycles. The third-order valence-corrected chi connectivity index (χ3v) is 3.83. The predicted octanol–water partition coefficient (Wildman–Crippen LogP) is 2.37. The zero-order valence-corrected chi connectivity index (χ0v) is 8.77. The van der Waals surface area contributed by atoms with E-state index in [2.05, 4.69) is 0 Å². The molecule has 0 radical (unpaired) electrons. The molecule has 0 bridgehead atoms. The Hall–Kier alpha value is -0.540. The fourth-order valence-electron chi connectivity index (χ4n) is 1.81. The topological polar surface area (TPSA) is 26.0 Å². The Labute approximate surface area is 87.9 Å². The van der Waals surface area contributed by atoms with Crippen molar-refractivity contribution in [3.05, 3.63) is 35.6 Å². The first kappa shape index (κ1) is 9.99. The van der Waals surface area contributed by atoms with Crippen LogP contribution in [0, 0.1) is 5.82 Å². The normalized spacial score (nSPS) is 27.6. The van der Waals surface area contributed by atoms with Gasteiger partial charge in [0, 0.05) is 17.7 Å². The lowest BCUT2D eigenvalue weighted by Gasteiger charge is -2.28. The molecule has 1 heterocycles. The van der Waals surface area contributed by atoms with E-state index in [1.54, 1.807) is 0 Å². The van der Waals surface area contributed by atoms with Crippen molar-refractivity contribution in [2.75, 3.05) is 11.5 Å². The van der Waals surface area contributed by atoms with Gasteiger partial charge in [-0.1, -0.05) is 12.1 Å². The van der Waals surface area contributed by atoms with Gasteiger partial charge in [0.1, 0.15) is 5.82 Å². The van der Waals surface area contributed by atoms with Crippen LogP contribution in [0.5, 0.6) is 0 Å². The van der Waals surface area contributed by atoms with Crippen LogP contribution in [-0.2, 0) is 0 Å². The van der Waals surface area contributed by atoms with Gasteiger partial charge in [-0.3, -0.25) is 0 Å². The Kier molecular flexibility index (Phi) is 3.08. The van der Waals surface area contributed by atoms with Crippen molar-refractivity contribution < 1.29 is 4.39 Å². The molecule has 1 aromatic carbocycles. The maximum atomic E-state index is 12.7. The highest BCUT2D eigenvalue weighted by Crippen LogP contribution is 2.30. The van der Waals surface area contributed by atoms with Gasteiger partial charge in [0.2, 0.25) is 0 Å². The van der Waals surface area contributed by atoms with Gasteiger partial charge in [0.25, 0.3) is 0 Å². The molecule has 2 atom stereocenters. The molecule has 2 N–H and O–H groups in total. The number of benzene rings is 1. The van der Waals surface area contributed by atoms with Crippen LogP contribution in [0.15, 0.2) is 24.3 Å². The summed E-state index contributed by atoms with van der Waals surface area (Å²) in [5.41, 5.74) is 7.21. The lowest BCUT2D eigenvalue weighted by molar-refractivity contribution is 0.546. The largest absolute Gasteiger partial charge is 0.327 e. The average Bonchev–Trinajstić information content (AvgIpc) is 2.20. The van der Waals surface area contributed by atoms with E-state index in [-0.39, 0.29) is 11.9 Å². The molecule has 2 rings (SSSR count). The summed E-state index contributed by atoms with van der Waals surface area (Å²) in [6, 6.07) is 6.97. The summed E-state index contributed by atoms with van der Waals surface area (Å²) in [5.74, 6) is 2.44. The highest BCUT2D eigenvalue weighted by Gasteiger charge is 2.23. The van der Waals surface area contributed by atoms with Gasteiger partial charge in [0.05, 0.1) is 0 Å². The van der Waals surface area contributed by atoms with E-state index in [1.807, 2.05) is 23.9 Å². The Balaban J connectivity index is 2.16. The van der Waals surface area contributed by atoms with Crippen molar-refractivity contribution in [2.45, 2.75) is 18.4 Å². The van der Waals surface area contributed by atoms with E-state index in [4.69, 9.17) is 5.73 Å². The van der Waals surface area contributed by atoms with Crippen molar-refractivity contribution in [3.63, 3.8) is 0 Å². The molecule has 0 saturated carbocycles. The lowest BCUT2D eigenvalue weighted by Crippen LogP contribution is -2.33. The van der Waals surface area contributed by atoms with Gasteiger partial charge < -0.3 is 5.73 Å². The fourth-order valence-corrected chi connectivity index (χ4v) is 3.11. The SMILES string of the molecule is NC1CCSCC1c1ccc(F)cc1. The molecule has 1 nitrogen and oxygen atoms in total. The first-order valence-corrected chi connectivity index (χ1v) is 6.01.